The van der Waals surface area contributed by atoms with Crippen LogP contribution >= 0.6 is 11.6 Å². The van der Waals surface area contributed by atoms with Crippen molar-refractivity contribution in [3.8, 4) is 0 Å². The molecule has 4 rings (SSSR count). The molecule has 27 heavy (non-hydrogen) atoms. The molecule has 7 nitrogen and oxygen atoms in total. The minimum Gasteiger partial charge on any atom is -0.298 e. The van der Waals surface area contributed by atoms with Gasteiger partial charge in [-0.15, -0.1) is 0 Å². The zero-order chi connectivity index (χ0) is 19.2. The first-order valence-electron chi connectivity index (χ1n) is 8.57. The molecule has 1 aliphatic carbocycles. The Morgan fingerprint density at radius 2 is 1.67 bits per heavy atom. The molecule has 1 heterocycles. The number of nitrogens with zero attached hydrogens (tertiary/aromatic N) is 2. The van der Waals surface area contributed by atoms with Crippen molar-refractivity contribution in [2.24, 2.45) is 11.8 Å². The van der Waals surface area contributed by atoms with Crippen LogP contribution < -0.4 is 4.72 Å². The fourth-order valence-electron chi connectivity index (χ4n) is 3.76. The van der Waals surface area contributed by atoms with Crippen molar-refractivity contribution in [2.45, 2.75) is 17.5 Å². The van der Waals surface area contributed by atoms with Crippen molar-refractivity contribution >= 4 is 27.3 Å². The lowest BCUT2D eigenvalue weighted by Crippen LogP contribution is -2.34. The topological polar surface area (TPSA) is 92.5 Å². The van der Waals surface area contributed by atoms with Crippen LogP contribution in [0.2, 0.25) is 5.02 Å². The number of benzene rings is 2. The largest absolute Gasteiger partial charge is 0.298 e. The van der Waals surface area contributed by atoms with Gasteiger partial charge in [-0.25, -0.2) is 13.1 Å². The van der Waals surface area contributed by atoms with E-state index in [1.807, 2.05) is 24.3 Å². The Kier molecular flexibility index (Phi) is 4.67. The third-order valence-electron chi connectivity index (χ3n) is 5.24. The van der Waals surface area contributed by atoms with Crippen molar-refractivity contribution in [3.05, 3.63) is 69.2 Å². The number of piperidine rings is 1. The van der Waals surface area contributed by atoms with Gasteiger partial charge in [-0.05, 0) is 41.7 Å². The zero-order valence-electron chi connectivity index (χ0n) is 14.3. The molecule has 2 fully saturated rings. The normalized spacial score (nSPS) is 24.6. The number of likely N-dealkylation sites (tertiary alicyclic amines) is 1. The molecule has 0 aromatic heterocycles. The van der Waals surface area contributed by atoms with Gasteiger partial charge in [-0.1, -0.05) is 23.7 Å². The van der Waals surface area contributed by atoms with Crippen molar-refractivity contribution < 1.29 is 13.3 Å². The van der Waals surface area contributed by atoms with E-state index in [9.17, 15) is 18.5 Å². The molecule has 0 radical (unpaired) electrons. The average molecular weight is 408 g/mol. The third kappa shape index (κ3) is 3.84. The van der Waals surface area contributed by atoms with Gasteiger partial charge in [0.2, 0.25) is 10.0 Å². The Hall–Kier alpha value is -2.00. The van der Waals surface area contributed by atoms with E-state index >= 15 is 0 Å². The van der Waals surface area contributed by atoms with Crippen LogP contribution in [0.5, 0.6) is 0 Å². The fraction of sp³-hybridized carbons (Fsp3) is 0.333. The molecular formula is C18H18ClN3O4S. The van der Waals surface area contributed by atoms with Crippen molar-refractivity contribution in [3.63, 3.8) is 0 Å². The summed E-state index contributed by atoms with van der Waals surface area (Å²) < 4.78 is 27.7. The minimum absolute atomic E-state index is 0.0519. The lowest BCUT2D eigenvalue weighted by Gasteiger charge is -2.20. The molecule has 2 aromatic rings. The molecule has 0 spiro atoms. The van der Waals surface area contributed by atoms with Crippen LogP contribution in [0.1, 0.15) is 5.56 Å². The molecule has 1 N–H and O–H groups in total. The van der Waals surface area contributed by atoms with Gasteiger partial charge >= 0.3 is 0 Å². The highest BCUT2D eigenvalue weighted by Gasteiger charge is 2.56. The number of halogens is 1. The second kappa shape index (κ2) is 6.87. The molecule has 0 bridgehead atoms. The number of hydrogen-bond donors (Lipinski definition) is 1. The average Bonchev–Trinajstić information content (AvgIpc) is 3.07. The smallest absolute Gasteiger partial charge is 0.269 e. The highest BCUT2D eigenvalue weighted by molar-refractivity contribution is 7.89. The monoisotopic (exact) mass is 407 g/mol. The van der Waals surface area contributed by atoms with E-state index < -0.39 is 14.9 Å². The second-order valence-corrected chi connectivity index (χ2v) is 9.20. The van der Waals surface area contributed by atoms with E-state index in [1.54, 1.807) is 0 Å². The first kappa shape index (κ1) is 18.4. The first-order valence-corrected chi connectivity index (χ1v) is 10.4. The van der Waals surface area contributed by atoms with Crippen LogP contribution in [0, 0.1) is 22.0 Å². The highest BCUT2D eigenvalue weighted by atomic mass is 35.5. The molecule has 0 amide bonds. The lowest BCUT2D eigenvalue weighted by atomic mass is 10.2. The van der Waals surface area contributed by atoms with Gasteiger partial charge in [0.05, 0.1) is 9.82 Å². The molecule has 1 aliphatic heterocycles. The molecular weight excluding hydrogens is 390 g/mol. The van der Waals surface area contributed by atoms with E-state index in [2.05, 4.69) is 9.62 Å². The Labute approximate surface area is 162 Å². The SMILES string of the molecule is O=[N+]([O-])c1ccc(S(=O)(=O)N[C@H]2[C@@H]3CN(Cc4ccc(Cl)cc4)C[C@@H]32)cc1. The van der Waals surface area contributed by atoms with Gasteiger partial charge < -0.3 is 0 Å². The van der Waals surface area contributed by atoms with Crippen LogP contribution in [0.25, 0.3) is 0 Å². The van der Waals surface area contributed by atoms with Crippen LogP contribution in [0.4, 0.5) is 5.69 Å². The standard InChI is InChI=1S/C18H18ClN3O4S/c19-13-3-1-12(2-4-13)9-21-10-16-17(11-21)18(16)20-27(25,26)15-7-5-14(6-8-15)22(23)24/h1-8,16-18,20H,9-11H2/t16-,17+,18+. The summed E-state index contributed by atoms with van der Waals surface area (Å²) in [6.07, 6.45) is 0. The molecule has 1 saturated carbocycles. The van der Waals surface area contributed by atoms with Crippen LogP contribution in [-0.2, 0) is 16.6 Å². The predicted molar refractivity (Wildman–Crippen MR) is 101 cm³/mol. The third-order valence-corrected chi connectivity index (χ3v) is 6.97. The van der Waals surface area contributed by atoms with Crippen LogP contribution in [-0.4, -0.2) is 37.4 Å². The summed E-state index contributed by atoms with van der Waals surface area (Å²) in [5, 5.41) is 11.4. The molecule has 3 atom stereocenters. The molecule has 142 valence electrons. The summed E-state index contributed by atoms with van der Waals surface area (Å²) in [6, 6.07) is 12.6. The lowest BCUT2D eigenvalue weighted by molar-refractivity contribution is -0.384. The second-order valence-electron chi connectivity index (χ2n) is 7.05. The Balaban J connectivity index is 1.33. The van der Waals surface area contributed by atoms with E-state index in [0.29, 0.717) is 16.9 Å². The molecule has 1 saturated heterocycles. The fourth-order valence-corrected chi connectivity index (χ4v) is 5.22. The Morgan fingerprint density at radius 1 is 1.07 bits per heavy atom. The highest BCUT2D eigenvalue weighted by Crippen LogP contribution is 2.46. The zero-order valence-corrected chi connectivity index (χ0v) is 15.9. The summed E-state index contributed by atoms with van der Waals surface area (Å²) >= 11 is 5.90. The Morgan fingerprint density at radius 3 is 2.22 bits per heavy atom. The molecule has 2 aromatic carbocycles. The van der Waals surface area contributed by atoms with Gasteiger partial charge in [0, 0.05) is 42.8 Å². The van der Waals surface area contributed by atoms with Crippen LogP contribution in [0.3, 0.4) is 0 Å². The quantitative estimate of drug-likeness (QED) is 0.587. The number of rotatable bonds is 6. The number of hydrogen-bond acceptors (Lipinski definition) is 5. The minimum atomic E-state index is -3.67. The van der Waals surface area contributed by atoms with Gasteiger partial charge in [-0.3, -0.25) is 15.0 Å². The van der Waals surface area contributed by atoms with Gasteiger partial charge in [-0.2, -0.15) is 0 Å². The van der Waals surface area contributed by atoms with Gasteiger partial charge in [0.25, 0.3) is 5.69 Å². The number of fused-ring (bicyclic) bond motifs is 1. The predicted octanol–water partition coefficient (Wildman–Crippen LogP) is 2.66. The van der Waals surface area contributed by atoms with Gasteiger partial charge in [0.1, 0.15) is 0 Å². The number of nitrogens with one attached hydrogen (secondary N) is 1. The summed E-state index contributed by atoms with van der Waals surface area (Å²) in [5.74, 6) is 0.621. The molecule has 0 unspecified atom stereocenters. The van der Waals surface area contributed by atoms with E-state index in [-0.39, 0.29) is 16.6 Å². The van der Waals surface area contributed by atoms with E-state index in [4.69, 9.17) is 11.6 Å². The summed E-state index contributed by atoms with van der Waals surface area (Å²) in [4.78, 5) is 12.5. The number of sulfonamides is 1. The van der Waals surface area contributed by atoms with Crippen LogP contribution in [0.15, 0.2) is 53.4 Å². The van der Waals surface area contributed by atoms with E-state index in [1.165, 1.54) is 29.8 Å². The number of nitro groups is 1. The maximum atomic E-state index is 12.5. The molecule has 2 aliphatic rings. The van der Waals surface area contributed by atoms with Crippen molar-refractivity contribution in [2.75, 3.05) is 13.1 Å². The summed E-state index contributed by atoms with van der Waals surface area (Å²) in [7, 11) is -3.67. The summed E-state index contributed by atoms with van der Waals surface area (Å²) in [6.45, 7) is 2.52. The first-order chi connectivity index (χ1) is 12.8. The van der Waals surface area contributed by atoms with Crippen molar-refractivity contribution in [1.29, 1.82) is 0 Å². The van der Waals surface area contributed by atoms with Gasteiger partial charge in [0.15, 0.2) is 0 Å². The maximum Gasteiger partial charge on any atom is 0.269 e. The summed E-state index contributed by atoms with van der Waals surface area (Å²) in [5.41, 5.74) is 1.05. The number of non-ortho nitro benzene ring substituents is 1. The molecule has 9 heteroatoms. The van der Waals surface area contributed by atoms with E-state index in [0.717, 1.165) is 19.6 Å². The maximum absolute atomic E-state index is 12.5. The Bertz CT molecular complexity index is 951. The van der Waals surface area contributed by atoms with Crippen molar-refractivity contribution in [1.82, 2.24) is 9.62 Å². The number of nitro benzene ring substituents is 1.